The van der Waals surface area contributed by atoms with E-state index in [1.807, 2.05) is 54.0 Å². The van der Waals surface area contributed by atoms with Crippen LogP contribution in [0.1, 0.15) is 17.0 Å². The Morgan fingerprint density at radius 1 is 1.08 bits per heavy atom. The molecule has 0 radical (unpaired) electrons. The number of amides is 1. The molecule has 0 saturated heterocycles. The van der Waals surface area contributed by atoms with E-state index in [0.29, 0.717) is 13.0 Å². The standard InChI is InChI=1S/C19H19N3OS/c23-18(9-8-15-5-2-1-3-6-15)21-12-10-19-22-17(14-24-19)16-7-4-11-20-13-16/h1-7,11,13-14H,8-10,12H2,(H,21,23). The smallest absolute Gasteiger partial charge is 0.220 e. The lowest BCUT2D eigenvalue weighted by molar-refractivity contribution is -0.121. The highest BCUT2D eigenvalue weighted by Gasteiger charge is 2.06. The van der Waals surface area contributed by atoms with Crippen LogP contribution in [0.5, 0.6) is 0 Å². The molecule has 3 rings (SSSR count). The normalized spacial score (nSPS) is 10.5. The van der Waals surface area contributed by atoms with E-state index in [1.165, 1.54) is 5.56 Å². The van der Waals surface area contributed by atoms with Crippen LogP contribution in [-0.2, 0) is 17.6 Å². The summed E-state index contributed by atoms with van der Waals surface area (Å²) in [5.74, 6) is 0.0860. The van der Waals surface area contributed by atoms with Crippen LogP contribution < -0.4 is 5.32 Å². The van der Waals surface area contributed by atoms with E-state index in [1.54, 1.807) is 17.5 Å². The molecule has 1 amide bonds. The molecule has 4 nitrogen and oxygen atoms in total. The van der Waals surface area contributed by atoms with Gasteiger partial charge in [0.25, 0.3) is 0 Å². The Kier molecular flexibility index (Phi) is 5.69. The number of carbonyl (C=O) groups excluding carboxylic acids is 1. The van der Waals surface area contributed by atoms with Gasteiger partial charge in [-0.25, -0.2) is 4.98 Å². The summed E-state index contributed by atoms with van der Waals surface area (Å²) in [7, 11) is 0. The second-order valence-electron chi connectivity index (χ2n) is 5.45. The lowest BCUT2D eigenvalue weighted by Crippen LogP contribution is -2.25. The molecule has 24 heavy (non-hydrogen) atoms. The van der Waals surface area contributed by atoms with Gasteiger partial charge in [0.15, 0.2) is 0 Å². The predicted octanol–water partition coefficient (Wildman–Crippen LogP) is 3.50. The summed E-state index contributed by atoms with van der Waals surface area (Å²) in [5, 5.41) is 6.02. The molecule has 0 atom stereocenters. The number of aryl methyl sites for hydroxylation is 1. The van der Waals surface area contributed by atoms with Crippen LogP contribution in [-0.4, -0.2) is 22.4 Å². The van der Waals surface area contributed by atoms with Gasteiger partial charge in [0, 0.05) is 42.7 Å². The van der Waals surface area contributed by atoms with Gasteiger partial charge in [0.2, 0.25) is 5.91 Å². The van der Waals surface area contributed by atoms with Gasteiger partial charge in [-0.15, -0.1) is 11.3 Å². The van der Waals surface area contributed by atoms with E-state index in [4.69, 9.17) is 0 Å². The van der Waals surface area contributed by atoms with Crippen molar-refractivity contribution in [1.82, 2.24) is 15.3 Å². The summed E-state index contributed by atoms with van der Waals surface area (Å²) in [6.45, 7) is 0.619. The minimum absolute atomic E-state index is 0.0860. The Bertz CT molecular complexity index is 772. The molecular formula is C19H19N3OS. The number of nitrogens with zero attached hydrogens (tertiary/aromatic N) is 2. The Morgan fingerprint density at radius 2 is 1.96 bits per heavy atom. The van der Waals surface area contributed by atoms with Crippen molar-refractivity contribution in [1.29, 1.82) is 0 Å². The molecule has 2 heterocycles. The first kappa shape index (κ1) is 16.3. The molecule has 0 aliphatic heterocycles. The maximum atomic E-state index is 11.9. The lowest BCUT2D eigenvalue weighted by atomic mass is 10.1. The Labute approximate surface area is 145 Å². The van der Waals surface area contributed by atoms with Gasteiger partial charge in [-0.3, -0.25) is 9.78 Å². The molecule has 5 heteroatoms. The minimum Gasteiger partial charge on any atom is -0.356 e. The fourth-order valence-electron chi connectivity index (χ4n) is 2.37. The number of pyridine rings is 1. The maximum Gasteiger partial charge on any atom is 0.220 e. The SMILES string of the molecule is O=C(CCc1ccccc1)NCCc1nc(-c2cccnc2)cs1. The van der Waals surface area contributed by atoms with Gasteiger partial charge in [-0.2, -0.15) is 0 Å². The van der Waals surface area contributed by atoms with Gasteiger partial charge in [-0.1, -0.05) is 30.3 Å². The van der Waals surface area contributed by atoms with Gasteiger partial charge in [-0.05, 0) is 24.1 Å². The first-order chi connectivity index (χ1) is 11.8. The highest BCUT2D eigenvalue weighted by molar-refractivity contribution is 7.09. The van der Waals surface area contributed by atoms with Crippen LogP contribution in [0.2, 0.25) is 0 Å². The highest BCUT2D eigenvalue weighted by atomic mass is 32.1. The highest BCUT2D eigenvalue weighted by Crippen LogP contribution is 2.20. The number of thiazole rings is 1. The van der Waals surface area contributed by atoms with E-state index in [-0.39, 0.29) is 5.91 Å². The monoisotopic (exact) mass is 337 g/mol. The number of benzene rings is 1. The lowest BCUT2D eigenvalue weighted by Gasteiger charge is -2.04. The third kappa shape index (κ3) is 4.73. The van der Waals surface area contributed by atoms with Crippen LogP contribution in [0.3, 0.4) is 0 Å². The van der Waals surface area contributed by atoms with Gasteiger partial charge in [0.1, 0.15) is 0 Å². The van der Waals surface area contributed by atoms with Crippen molar-refractivity contribution in [2.45, 2.75) is 19.3 Å². The molecule has 0 bridgehead atoms. The Hall–Kier alpha value is -2.53. The van der Waals surface area contributed by atoms with Crippen molar-refractivity contribution < 1.29 is 4.79 Å². The van der Waals surface area contributed by atoms with E-state index >= 15 is 0 Å². The molecule has 3 aromatic rings. The fraction of sp³-hybridized carbons (Fsp3) is 0.211. The summed E-state index contributed by atoms with van der Waals surface area (Å²) in [4.78, 5) is 20.6. The Balaban J connectivity index is 1.42. The maximum absolute atomic E-state index is 11.9. The molecule has 0 aliphatic rings. The number of hydrogen-bond donors (Lipinski definition) is 1. The molecular weight excluding hydrogens is 318 g/mol. The van der Waals surface area contributed by atoms with Crippen LogP contribution in [0.15, 0.2) is 60.2 Å². The van der Waals surface area contributed by atoms with Crippen molar-refractivity contribution in [3.63, 3.8) is 0 Å². The molecule has 0 spiro atoms. The average molecular weight is 337 g/mol. The first-order valence-corrected chi connectivity index (χ1v) is 8.84. The van der Waals surface area contributed by atoms with Crippen LogP contribution in [0.25, 0.3) is 11.3 Å². The second-order valence-corrected chi connectivity index (χ2v) is 6.40. The minimum atomic E-state index is 0.0860. The summed E-state index contributed by atoms with van der Waals surface area (Å²) in [6, 6.07) is 14.0. The van der Waals surface area contributed by atoms with Crippen LogP contribution in [0, 0.1) is 0 Å². The van der Waals surface area contributed by atoms with Gasteiger partial charge >= 0.3 is 0 Å². The van der Waals surface area contributed by atoms with Crippen molar-refractivity contribution in [2.75, 3.05) is 6.54 Å². The zero-order valence-corrected chi connectivity index (χ0v) is 14.1. The van der Waals surface area contributed by atoms with Crippen molar-refractivity contribution in [3.05, 3.63) is 70.8 Å². The molecule has 0 unspecified atom stereocenters. The number of aromatic nitrogens is 2. The van der Waals surface area contributed by atoms with Crippen LogP contribution >= 0.6 is 11.3 Å². The van der Waals surface area contributed by atoms with E-state index in [9.17, 15) is 4.79 Å². The summed E-state index contributed by atoms with van der Waals surface area (Å²) < 4.78 is 0. The van der Waals surface area contributed by atoms with Crippen molar-refractivity contribution >= 4 is 17.2 Å². The second kappa shape index (κ2) is 8.36. The van der Waals surface area contributed by atoms with E-state index in [2.05, 4.69) is 15.3 Å². The average Bonchev–Trinajstić information content (AvgIpc) is 3.11. The molecule has 0 saturated carbocycles. The van der Waals surface area contributed by atoms with Gasteiger partial charge < -0.3 is 5.32 Å². The van der Waals surface area contributed by atoms with Crippen molar-refractivity contribution in [2.24, 2.45) is 0 Å². The molecule has 0 aliphatic carbocycles. The molecule has 1 N–H and O–H groups in total. The molecule has 1 aromatic carbocycles. The summed E-state index contributed by atoms with van der Waals surface area (Å²) in [6.07, 6.45) is 5.60. The third-order valence-corrected chi connectivity index (χ3v) is 4.56. The zero-order chi connectivity index (χ0) is 16.6. The number of nitrogens with one attached hydrogen (secondary N) is 1. The Morgan fingerprint density at radius 3 is 2.75 bits per heavy atom. The zero-order valence-electron chi connectivity index (χ0n) is 13.3. The number of hydrogen-bond acceptors (Lipinski definition) is 4. The topological polar surface area (TPSA) is 54.9 Å². The number of carbonyl (C=O) groups is 1. The summed E-state index contributed by atoms with van der Waals surface area (Å²) in [5.41, 5.74) is 3.15. The largest absolute Gasteiger partial charge is 0.356 e. The van der Waals surface area contributed by atoms with E-state index in [0.717, 1.165) is 29.1 Å². The fourth-order valence-corrected chi connectivity index (χ4v) is 3.18. The molecule has 0 fully saturated rings. The van der Waals surface area contributed by atoms with Gasteiger partial charge in [0.05, 0.1) is 10.7 Å². The first-order valence-electron chi connectivity index (χ1n) is 7.97. The van der Waals surface area contributed by atoms with E-state index < -0.39 is 0 Å². The summed E-state index contributed by atoms with van der Waals surface area (Å²) >= 11 is 1.62. The van der Waals surface area contributed by atoms with Crippen molar-refractivity contribution in [3.8, 4) is 11.3 Å². The number of rotatable bonds is 7. The van der Waals surface area contributed by atoms with Crippen LogP contribution in [0.4, 0.5) is 0 Å². The predicted molar refractivity (Wildman–Crippen MR) is 96.8 cm³/mol. The quantitative estimate of drug-likeness (QED) is 0.718. The molecule has 2 aromatic heterocycles. The molecule has 122 valence electrons. The third-order valence-electron chi connectivity index (χ3n) is 3.65.